The normalized spacial score (nSPS) is 16.4. The van der Waals surface area contributed by atoms with Crippen molar-refractivity contribution in [3.05, 3.63) is 58.4 Å². The summed E-state index contributed by atoms with van der Waals surface area (Å²) in [5.41, 5.74) is 4.00. The van der Waals surface area contributed by atoms with Gasteiger partial charge in [-0.15, -0.1) is 0 Å². The van der Waals surface area contributed by atoms with Crippen molar-refractivity contribution >= 4 is 29.6 Å². The van der Waals surface area contributed by atoms with Gasteiger partial charge in [-0.2, -0.15) is 0 Å². The Labute approximate surface area is 152 Å². The van der Waals surface area contributed by atoms with E-state index in [2.05, 4.69) is 9.88 Å². The van der Waals surface area contributed by atoms with Crippen molar-refractivity contribution in [2.75, 3.05) is 4.90 Å². The van der Waals surface area contributed by atoms with Crippen LogP contribution in [-0.4, -0.2) is 22.4 Å². The Morgan fingerprint density at radius 3 is 2.38 bits per heavy atom. The van der Waals surface area contributed by atoms with E-state index in [1.807, 2.05) is 45.9 Å². The number of para-hydroxylation sites is 1. The van der Waals surface area contributed by atoms with Crippen molar-refractivity contribution in [3.8, 4) is 0 Å². The Kier molecular flexibility index (Phi) is 4.50. The minimum atomic E-state index is -0.731. The fourth-order valence-electron chi connectivity index (χ4n) is 3.31. The van der Waals surface area contributed by atoms with Gasteiger partial charge >= 0.3 is 6.03 Å². The fraction of sp³-hybridized carbons (Fsp3) is 0.250. The molecule has 1 saturated heterocycles. The summed E-state index contributed by atoms with van der Waals surface area (Å²) >= 11 is 0. The third kappa shape index (κ3) is 2.83. The lowest BCUT2D eigenvalue weighted by atomic mass is 10.1. The monoisotopic (exact) mass is 351 g/mol. The smallest absolute Gasteiger partial charge is 0.335 e. The number of barbiturate groups is 1. The molecule has 2 aromatic rings. The Balaban J connectivity index is 2.08. The summed E-state index contributed by atoms with van der Waals surface area (Å²) in [5.74, 6) is -1.29. The number of aryl methyl sites for hydroxylation is 2. The molecule has 1 aromatic carbocycles. The lowest BCUT2D eigenvalue weighted by molar-refractivity contribution is -0.122. The van der Waals surface area contributed by atoms with E-state index in [1.165, 1.54) is 0 Å². The number of anilines is 1. The van der Waals surface area contributed by atoms with Crippen molar-refractivity contribution in [2.24, 2.45) is 0 Å². The number of nitrogens with zero attached hydrogens (tertiary/aromatic N) is 2. The van der Waals surface area contributed by atoms with Crippen molar-refractivity contribution in [1.82, 2.24) is 9.88 Å². The van der Waals surface area contributed by atoms with Crippen LogP contribution in [0.2, 0.25) is 0 Å². The predicted molar refractivity (Wildman–Crippen MR) is 99.8 cm³/mol. The molecule has 1 aromatic heterocycles. The summed E-state index contributed by atoms with van der Waals surface area (Å²) in [4.78, 5) is 38.5. The summed E-state index contributed by atoms with van der Waals surface area (Å²) in [6.45, 7) is 8.57. The number of nitrogens with one attached hydrogen (secondary N) is 1. The number of carbonyl (C=O) groups is 3. The molecule has 1 N–H and O–H groups in total. The van der Waals surface area contributed by atoms with Crippen LogP contribution in [0.15, 0.2) is 35.9 Å². The van der Waals surface area contributed by atoms with E-state index in [-0.39, 0.29) is 5.57 Å². The van der Waals surface area contributed by atoms with E-state index >= 15 is 0 Å². The SMILES string of the molecule is CCn1c(C)cc(/C=C2\C(=O)NC(=O)N(c3ccccc3C)C2=O)c1C. The average molecular weight is 351 g/mol. The quantitative estimate of drug-likeness (QED) is 0.682. The van der Waals surface area contributed by atoms with Gasteiger partial charge in [-0.05, 0) is 57.0 Å². The second kappa shape index (κ2) is 6.63. The van der Waals surface area contributed by atoms with Gasteiger partial charge in [0.05, 0.1) is 5.69 Å². The molecule has 0 spiro atoms. The molecule has 0 aliphatic carbocycles. The minimum Gasteiger partial charge on any atom is -0.349 e. The highest BCUT2D eigenvalue weighted by molar-refractivity contribution is 6.39. The molecule has 4 amide bonds. The van der Waals surface area contributed by atoms with Gasteiger partial charge in [0.25, 0.3) is 11.8 Å². The largest absolute Gasteiger partial charge is 0.349 e. The Morgan fingerprint density at radius 1 is 1.08 bits per heavy atom. The molecule has 1 aliphatic rings. The van der Waals surface area contributed by atoms with Crippen molar-refractivity contribution in [1.29, 1.82) is 0 Å². The zero-order chi connectivity index (χ0) is 19.0. The molecule has 0 saturated carbocycles. The topological polar surface area (TPSA) is 71.4 Å². The first-order valence-electron chi connectivity index (χ1n) is 8.49. The first-order valence-corrected chi connectivity index (χ1v) is 8.49. The van der Waals surface area contributed by atoms with Crippen LogP contribution in [-0.2, 0) is 16.1 Å². The summed E-state index contributed by atoms with van der Waals surface area (Å²) in [7, 11) is 0. The molecule has 1 fully saturated rings. The van der Waals surface area contributed by atoms with Crippen LogP contribution >= 0.6 is 0 Å². The highest BCUT2D eigenvalue weighted by Gasteiger charge is 2.37. The lowest BCUT2D eigenvalue weighted by Gasteiger charge is -2.27. The summed E-state index contributed by atoms with van der Waals surface area (Å²) in [5, 5.41) is 2.26. The molecule has 0 radical (unpaired) electrons. The van der Waals surface area contributed by atoms with E-state index in [0.29, 0.717) is 5.69 Å². The average Bonchev–Trinajstić information content (AvgIpc) is 2.86. The van der Waals surface area contributed by atoms with E-state index in [9.17, 15) is 14.4 Å². The van der Waals surface area contributed by atoms with Crippen molar-refractivity contribution in [3.63, 3.8) is 0 Å². The standard InChI is InChI=1S/C20H21N3O3/c1-5-22-13(3)10-15(14(22)4)11-16-18(24)21-20(26)23(19(16)25)17-9-7-6-8-12(17)2/h6-11H,5H2,1-4H3,(H,21,24,26)/b16-11+. The summed E-state index contributed by atoms with van der Waals surface area (Å²) in [6, 6.07) is 8.27. The lowest BCUT2D eigenvalue weighted by Crippen LogP contribution is -2.54. The van der Waals surface area contributed by atoms with Gasteiger partial charge in [0, 0.05) is 17.9 Å². The molecule has 26 heavy (non-hydrogen) atoms. The molecule has 1 aliphatic heterocycles. The first kappa shape index (κ1) is 17.7. The minimum absolute atomic E-state index is 0.0517. The zero-order valence-corrected chi connectivity index (χ0v) is 15.3. The molecule has 134 valence electrons. The number of aromatic nitrogens is 1. The van der Waals surface area contributed by atoms with E-state index in [1.54, 1.807) is 18.2 Å². The van der Waals surface area contributed by atoms with Crippen LogP contribution < -0.4 is 10.2 Å². The second-order valence-electron chi connectivity index (χ2n) is 6.32. The van der Waals surface area contributed by atoms with Gasteiger partial charge in [-0.25, -0.2) is 9.69 Å². The van der Waals surface area contributed by atoms with Crippen LogP contribution in [0.5, 0.6) is 0 Å². The van der Waals surface area contributed by atoms with E-state index in [0.717, 1.165) is 34.0 Å². The van der Waals surface area contributed by atoms with Gasteiger partial charge in [0.2, 0.25) is 0 Å². The number of imide groups is 2. The third-order valence-electron chi connectivity index (χ3n) is 4.69. The fourth-order valence-corrected chi connectivity index (χ4v) is 3.31. The van der Waals surface area contributed by atoms with Crippen LogP contribution in [0, 0.1) is 20.8 Å². The van der Waals surface area contributed by atoms with Crippen molar-refractivity contribution in [2.45, 2.75) is 34.2 Å². The third-order valence-corrected chi connectivity index (χ3v) is 4.69. The maximum atomic E-state index is 12.9. The molecule has 3 rings (SSSR count). The molecular weight excluding hydrogens is 330 g/mol. The van der Waals surface area contributed by atoms with Gasteiger partial charge in [0.15, 0.2) is 0 Å². The molecule has 0 unspecified atom stereocenters. The number of carbonyl (C=O) groups excluding carboxylic acids is 3. The highest BCUT2D eigenvalue weighted by Crippen LogP contribution is 2.26. The molecule has 6 nitrogen and oxygen atoms in total. The molecule has 0 atom stereocenters. The van der Waals surface area contributed by atoms with Crippen LogP contribution in [0.3, 0.4) is 0 Å². The van der Waals surface area contributed by atoms with Crippen LogP contribution in [0.1, 0.15) is 29.4 Å². The molecule has 0 bridgehead atoms. The zero-order valence-electron chi connectivity index (χ0n) is 15.3. The maximum Gasteiger partial charge on any atom is 0.335 e. The Bertz CT molecular complexity index is 953. The van der Waals surface area contributed by atoms with Crippen LogP contribution in [0.4, 0.5) is 10.5 Å². The Hall–Kier alpha value is -3.15. The second-order valence-corrected chi connectivity index (χ2v) is 6.32. The molecular formula is C20H21N3O3. The maximum absolute atomic E-state index is 12.9. The number of hydrogen-bond donors (Lipinski definition) is 1. The molecule has 2 heterocycles. The number of hydrogen-bond acceptors (Lipinski definition) is 3. The number of urea groups is 1. The van der Waals surface area contributed by atoms with Gasteiger partial charge in [-0.1, -0.05) is 18.2 Å². The van der Waals surface area contributed by atoms with Crippen LogP contribution in [0.25, 0.3) is 6.08 Å². The first-order chi connectivity index (χ1) is 12.3. The van der Waals surface area contributed by atoms with E-state index in [4.69, 9.17) is 0 Å². The highest BCUT2D eigenvalue weighted by atomic mass is 16.2. The Morgan fingerprint density at radius 2 is 1.77 bits per heavy atom. The summed E-state index contributed by atoms with van der Waals surface area (Å²) in [6.07, 6.45) is 1.56. The molecule has 6 heteroatoms. The predicted octanol–water partition coefficient (Wildman–Crippen LogP) is 3.10. The van der Waals surface area contributed by atoms with Crippen molar-refractivity contribution < 1.29 is 14.4 Å². The van der Waals surface area contributed by atoms with Gasteiger partial charge < -0.3 is 4.57 Å². The van der Waals surface area contributed by atoms with Gasteiger partial charge in [0.1, 0.15) is 5.57 Å². The van der Waals surface area contributed by atoms with E-state index < -0.39 is 17.8 Å². The van der Waals surface area contributed by atoms with Gasteiger partial charge in [-0.3, -0.25) is 14.9 Å². The summed E-state index contributed by atoms with van der Waals surface area (Å²) < 4.78 is 2.10. The number of amides is 4. The number of benzene rings is 1. The number of rotatable bonds is 3.